The number of aromatic nitrogens is 2. The van der Waals surface area contributed by atoms with Crippen molar-refractivity contribution < 1.29 is 14.6 Å². The molecule has 0 bridgehead atoms. The lowest BCUT2D eigenvalue weighted by atomic mass is 9.98. The van der Waals surface area contributed by atoms with Crippen molar-refractivity contribution in [2.24, 2.45) is 0 Å². The van der Waals surface area contributed by atoms with Crippen LogP contribution in [-0.4, -0.2) is 51.2 Å². The second kappa shape index (κ2) is 5.83. The van der Waals surface area contributed by atoms with Gasteiger partial charge in [0.2, 0.25) is 0 Å². The van der Waals surface area contributed by atoms with E-state index < -0.39 is 12.1 Å². The standard InChI is InChI=1S/C15H19N3O3/c1-21-15(20)14-12(19)5-4-7-17(14)10-11-9-16-13-6-2-3-8-18(11)13/h2-3,6,8-9,12,14,19H,4-5,7,10H2,1H3/t12-,14+/m1/s1. The Bertz CT molecular complexity index is 640. The molecule has 2 atom stereocenters. The number of fused-ring (bicyclic) bond motifs is 1. The molecule has 0 aromatic carbocycles. The minimum absolute atomic E-state index is 0.379. The summed E-state index contributed by atoms with van der Waals surface area (Å²) in [5, 5.41) is 10.1. The number of esters is 1. The van der Waals surface area contributed by atoms with Gasteiger partial charge in [0.15, 0.2) is 0 Å². The summed E-state index contributed by atoms with van der Waals surface area (Å²) in [7, 11) is 1.36. The number of carbonyl (C=O) groups excluding carboxylic acids is 1. The van der Waals surface area contributed by atoms with Crippen LogP contribution in [0, 0.1) is 0 Å². The summed E-state index contributed by atoms with van der Waals surface area (Å²) >= 11 is 0. The molecule has 2 aromatic rings. The van der Waals surface area contributed by atoms with Crippen LogP contribution in [0.2, 0.25) is 0 Å². The van der Waals surface area contributed by atoms with Gasteiger partial charge in [0.1, 0.15) is 11.7 Å². The first-order valence-electron chi connectivity index (χ1n) is 7.11. The van der Waals surface area contributed by atoms with Gasteiger partial charge in [-0.3, -0.25) is 9.69 Å². The van der Waals surface area contributed by atoms with Crippen LogP contribution in [-0.2, 0) is 16.1 Å². The number of pyridine rings is 1. The summed E-state index contributed by atoms with van der Waals surface area (Å²) in [6.45, 7) is 1.32. The number of ether oxygens (including phenoxy) is 1. The highest BCUT2D eigenvalue weighted by Gasteiger charge is 2.36. The molecule has 1 aliphatic heterocycles. The number of piperidine rings is 1. The monoisotopic (exact) mass is 289 g/mol. The molecule has 2 aromatic heterocycles. The number of carbonyl (C=O) groups is 1. The highest BCUT2D eigenvalue weighted by atomic mass is 16.5. The Morgan fingerprint density at radius 1 is 1.52 bits per heavy atom. The van der Waals surface area contributed by atoms with E-state index in [1.807, 2.05) is 39.9 Å². The minimum atomic E-state index is -0.676. The Kier molecular flexibility index (Phi) is 3.90. The number of aliphatic hydroxyl groups is 1. The van der Waals surface area contributed by atoms with E-state index in [1.54, 1.807) is 0 Å². The zero-order valence-corrected chi connectivity index (χ0v) is 12.0. The zero-order chi connectivity index (χ0) is 14.8. The maximum absolute atomic E-state index is 11.9. The van der Waals surface area contributed by atoms with Crippen molar-refractivity contribution in [2.45, 2.75) is 31.5 Å². The third-order valence-electron chi connectivity index (χ3n) is 4.00. The fourth-order valence-corrected chi connectivity index (χ4v) is 2.96. The average Bonchev–Trinajstić information content (AvgIpc) is 2.90. The van der Waals surface area contributed by atoms with Crippen molar-refractivity contribution in [3.63, 3.8) is 0 Å². The molecule has 3 rings (SSSR count). The molecule has 21 heavy (non-hydrogen) atoms. The molecule has 1 aliphatic rings. The van der Waals surface area contributed by atoms with Crippen LogP contribution >= 0.6 is 0 Å². The summed E-state index contributed by atoms with van der Waals surface area (Å²) in [6.07, 6.45) is 4.58. The van der Waals surface area contributed by atoms with Crippen LogP contribution < -0.4 is 0 Å². The Labute approximate surface area is 123 Å². The average molecular weight is 289 g/mol. The predicted octanol–water partition coefficient (Wildman–Crippen LogP) is 0.833. The van der Waals surface area contributed by atoms with E-state index in [9.17, 15) is 9.90 Å². The SMILES string of the molecule is COC(=O)[C@@H]1[C@H](O)CCCN1Cc1cnc2ccccn12. The molecule has 1 saturated heterocycles. The Morgan fingerprint density at radius 2 is 2.38 bits per heavy atom. The highest BCUT2D eigenvalue weighted by molar-refractivity contribution is 5.76. The topological polar surface area (TPSA) is 67.1 Å². The van der Waals surface area contributed by atoms with Crippen LogP contribution in [0.1, 0.15) is 18.5 Å². The molecule has 1 fully saturated rings. The number of methoxy groups -OCH3 is 1. The predicted molar refractivity (Wildman–Crippen MR) is 76.6 cm³/mol. The summed E-state index contributed by atoms with van der Waals surface area (Å²) in [5.41, 5.74) is 1.87. The second-order valence-electron chi connectivity index (χ2n) is 5.33. The fourth-order valence-electron chi connectivity index (χ4n) is 2.96. The van der Waals surface area contributed by atoms with Gasteiger partial charge in [0.25, 0.3) is 0 Å². The van der Waals surface area contributed by atoms with E-state index in [0.717, 1.165) is 24.3 Å². The van der Waals surface area contributed by atoms with Crippen LogP contribution in [0.25, 0.3) is 5.65 Å². The maximum Gasteiger partial charge on any atom is 0.325 e. The van der Waals surface area contributed by atoms with E-state index in [2.05, 4.69) is 4.98 Å². The number of aliphatic hydroxyl groups excluding tert-OH is 1. The van der Waals surface area contributed by atoms with E-state index in [1.165, 1.54) is 7.11 Å². The normalized spacial score (nSPS) is 23.3. The van der Waals surface area contributed by atoms with Gasteiger partial charge in [0.05, 0.1) is 25.1 Å². The highest BCUT2D eigenvalue weighted by Crippen LogP contribution is 2.21. The zero-order valence-electron chi connectivity index (χ0n) is 12.0. The maximum atomic E-state index is 11.9. The number of rotatable bonds is 3. The molecular formula is C15H19N3O3. The van der Waals surface area contributed by atoms with Crippen LogP contribution in [0.4, 0.5) is 0 Å². The second-order valence-corrected chi connectivity index (χ2v) is 5.33. The molecule has 6 nitrogen and oxygen atoms in total. The van der Waals surface area contributed by atoms with Crippen molar-refractivity contribution in [1.29, 1.82) is 0 Å². The largest absolute Gasteiger partial charge is 0.468 e. The molecule has 0 aliphatic carbocycles. The van der Waals surface area contributed by atoms with E-state index >= 15 is 0 Å². The summed E-state index contributed by atoms with van der Waals surface area (Å²) in [6, 6.07) is 5.22. The quantitative estimate of drug-likeness (QED) is 0.848. The molecule has 0 unspecified atom stereocenters. The molecule has 0 saturated carbocycles. The van der Waals surface area contributed by atoms with E-state index in [0.29, 0.717) is 13.0 Å². The lowest BCUT2D eigenvalue weighted by Crippen LogP contribution is -2.52. The molecule has 0 radical (unpaired) electrons. The van der Waals surface area contributed by atoms with Gasteiger partial charge >= 0.3 is 5.97 Å². The van der Waals surface area contributed by atoms with Crippen LogP contribution in [0.15, 0.2) is 30.6 Å². The molecule has 3 heterocycles. The molecule has 0 amide bonds. The van der Waals surface area contributed by atoms with Gasteiger partial charge in [-0.1, -0.05) is 6.07 Å². The number of hydrogen-bond acceptors (Lipinski definition) is 5. The van der Waals surface area contributed by atoms with Crippen molar-refractivity contribution in [1.82, 2.24) is 14.3 Å². The van der Waals surface area contributed by atoms with Crippen molar-refractivity contribution >= 4 is 11.6 Å². The van der Waals surface area contributed by atoms with Gasteiger partial charge in [-0.25, -0.2) is 4.98 Å². The summed E-state index contributed by atoms with van der Waals surface area (Å²) < 4.78 is 6.83. The van der Waals surface area contributed by atoms with Gasteiger partial charge in [0, 0.05) is 12.7 Å². The van der Waals surface area contributed by atoms with Crippen LogP contribution in [0.5, 0.6) is 0 Å². The van der Waals surface area contributed by atoms with E-state index in [-0.39, 0.29) is 5.97 Å². The number of hydrogen-bond donors (Lipinski definition) is 1. The smallest absolute Gasteiger partial charge is 0.325 e. The third kappa shape index (κ3) is 2.64. The molecule has 6 heteroatoms. The lowest BCUT2D eigenvalue weighted by molar-refractivity contribution is -0.154. The first kappa shape index (κ1) is 14.0. The number of imidazole rings is 1. The van der Waals surface area contributed by atoms with Gasteiger partial charge < -0.3 is 14.2 Å². The third-order valence-corrected chi connectivity index (χ3v) is 4.00. The van der Waals surface area contributed by atoms with Crippen molar-refractivity contribution in [3.8, 4) is 0 Å². The molecule has 0 spiro atoms. The Morgan fingerprint density at radius 3 is 3.19 bits per heavy atom. The first-order chi connectivity index (χ1) is 10.2. The van der Waals surface area contributed by atoms with E-state index in [4.69, 9.17) is 4.74 Å². The first-order valence-corrected chi connectivity index (χ1v) is 7.11. The van der Waals surface area contributed by atoms with Crippen molar-refractivity contribution in [3.05, 3.63) is 36.3 Å². The molecule has 112 valence electrons. The van der Waals surface area contributed by atoms with Crippen molar-refractivity contribution in [2.75, 3.05) is 13.7 Å². The van der Waals surface area contributed by atoms with Gasteiger partial charge in [-0.15, -0.1) is 0 Å². The molecular weight excluding hydrogens is 270 g/mol. The van der Waals surface area contributed by atoms with Crippen LogP contribution in [0.3, 0.4) is 0 Å². The Balaban J connectivity index is 1.86. The Hall–Kier alpha value is -1.92. The van der Waals surface area contributed by atoms with Gasteiger partial charge in [-0.2, -0.15) is 0 Å². The summed E-state index contributed by atoms with van der Waals surface area (Å²) in [4.78, 5) is 18.3. The summed E-state index contributed by atoms with van der Waals surface area (Å²) in [5.74, 6) is -0.379. The number of nitrogens with zero attached hydrogens (tertiary/aromatic N) is 3. The number of likely N-dealkylation sites (tertiary alicyclic amines) is 1. The lowest BCUT2D eigenvalue weighted by Gasteiger charge is -2.36. The minimum Gasteiger partial charge on any atom is -0.468 e. The fraction of sp³-hybridized carbons (Fsp3) is 0.467. The van der Waals surface area contributed by atoms with Gasteiger partial charge in [-0.05, 0) is 31.5 Å². The molecule has 1 N–H and O–H groups in total.